The average molecular weight is 491 g/mol. The Balaban J connectivity index is 0.000000360. The highest BCUT2D eigenvalue weighted by Crippen LogP contribution is 2.23. The number of hydrogen-bond acceptors (Lipinski definition) is 5. The van der Waals surface area contributed by atoms with Gasteiger partial charge < -0.3 is 5.11 Å². The lowest BCUT2D eigenvalue weighted by Crippen LogP contribution is -2.14. The monoisotopic (exact) mass is 490 g/mol. The van der Waals surface area contributed by atoms with E-state index < -0.39 is 16.0 Å². The van der Waals surface area contributed by atoms with Gasteiger partial charge in [-0.25, -0.2) is 17.4 Å². The van der Waals surface area contributed by atoms with Crippen LogP contribution in [0.15, 0.2) is 60.2 Å². The molecule has 0 saturated carbocycles. The molecule has 2 aromatic heterocycles. The van der Waals surface area contributed by atoms with Crippen molar-refractivity contribution in [3.63, 3.8) is 0 Å². The van der Waals surface area contributed by atoms with E-state index in [0.29, 0.717) is 10.5 Å². The van der Waals surface area contributed by atoms with Gasteiger partial charge >= 0.3 is 5.97 Å². The molecule has 32 heavy (non-hydrogen) atoms. The third-order valence-corrected chi connectivity index (χ3v) is 7.48. The first-order chi connectivity index (χ1) is 15.2. The first-order valence-corrected chi connectivity index (χ1v) is 12.8. The minimum Gasteiger partial charge on any atom is -0.481 e. The van der Waals surface area contributed by atoms with Crippen LogP contribution in [0.5, 0.6) is 0 Å². The van der Waals surface area contributed by atoms with Crippen LogP contribution in [0.2, 0.25) is 5.02 Å². The molecule has 9 heteroatoms. The van der Waals surface area contributed by atoms with E-state index >= 15 is 0 Å². The molecule has 1 atom stereocenters. The summed E-state index contributed by atoms with van der Waals surface area (Å²) < 4.78 is 27.6. The standard InChI is InChI=1S/C18H13ClN2O2S2.C5H10O2/c19-15-4-6-17-14(11-15)7-8-21(17)25(22,23)9-1-2-13-3-5-16-18(10-13)24-12-20-16;1-3-4(2)5(6)7/h1-8,10-12H,9H2;4H,3H2,1-2H3,(H,6,7). The van der Waals surface area contributed by atoms with Crippen molar-refractivity contribution in [2.45, 2.75) is 20.3 Å². The van der Waals surface area contributed by atoms with E-state index in [1.165, 1.54) is 3.97 Å². The highest BCUT2D eigenvalue weighted by atomic mass is 35.5. The van der Waals surface area contributed by atoms with Crippen molar-refractivity contribution in [3.8, 4) is 0 Å². The summed E-state index contributed by atoms with van der Waals surface area (Å²) in [7, 11) is -3.48. The first kappa shape index (κ1) is 24.0. The largest absolute Gasteiger partial charge is 0.481 e. The maximum absolute atomic E-state index is 12.6. The molecule has 6 nitrogen and oxygen atoms in total. The minimum atomic E-state index is -3.48. The van der Waals surface area contributed by atoms with E-state index in [2.05, 4.69) is 4.98 Å². The van der Waals surface area contributed by atoms with Crippen LogP contribution >= 0.6 is 22.9 Å². The molecule has 1 N–H and O–H groups in total. The van der Waals surface area contributed by atoms with Crippen molar-refractivity contribution in [1.29, 1.82) is 0 Å². The smallest absolute Gasteiger partial charge is 0.306 e. The predicted octanol–water partition coefficient (Wildman–Crippen LogP) is 5.91. The fourth-order valence-corrected chi connectivity index (χ4v) is 4.98. The maximum Gasteiger partial charge on any atom is 0.306 e. The summed E-state index contributed by atoms with van der Waals surface area (Å²) in [4.78, 5) is 14.2. The summed E-state index contributed by atoms with van der Waals surface area (Å²) in [5, 5.41) is 9.57. The molecular weight excluding hydrogens is 468 g/mol. The van der Waals surface area contributed by atoms with E-state index in [9.17, 15) is 13.2 Å². The number of rotatable bonds is 6. The van der Waals surface area contributed by atoms with Gasteiger partial charge in [-0.15, -0.1) is 11.3 Å². The van der Waals surface area contributed by atoms with E-state index in [4.69, 9.17) is 16.7 Å². The van der Waals surface area contributed by atoms with Gasteiger partial charge in [0.15, 0.2) is 0 Å². The third-order valence-electron chi connectivity index (χ3n) is 4.92. The van der Waals surface area contributed by atoms with Crippen molar-refractivity contribution in [1.82, 2.24) is 8.96 Å². The van der Waals surface area contributed by atoms with E-state index in [-0.39, 0.29) is 11.7 Å². The number of benzene rings is 2. The van der Waals surface area contributed by atoms with Crippen LogP contribution in [0.25, 0.3) is 27.2 Å². The number of halogens is 1. The van der Waals surface area contributed by atoms with Gasteiger partial charge in [-0.3, -0.25) is 4.79 Å². The normalized spacial score (nSPS) is 12.7. The van der Waals surface area contributed by atoms with Crippen LogP contribution in [-0.2, 0) is 14.8 Å². The Bertz CT molecular complexity index is 1370. The van der Waals surface area contributed by atoms with Crippen LogP contribution in [0.1, 0.15) is 25.8 Å². The number of carboxylic acids is 1. The molecule has 0 radical (unpaired) electrons. The SMILES string of the molecule is CCC(C)C(=O)O.O=S(=O)(CC=Cc1ccc2ncsc2c1)n1ccc2cc(Cl)ccc21. The number of fused-ring (bicyclic) bond motifs is 2. The van der Waals surface area contributed by atoms with Gasteiger partial charge in [-0.1, -0.05) is 43.7 Å². The number of hydrogen-bond donors (Lipinski definition) is 1. The van der Waals surface area contributed by atoms with Crippen LogP contribution in [0.4, 0.5) is 0 Å². The van der Waals surface area contributed by atoms with Crippen LogP contribution in [0.3, 0.4) is 0 Å². The third kappa shape index (κ3) is 5.76. The summed E-state index contributed by atoms with van der Waals surface area (Å²) in [6, 6.07) is 12.8. The minimum absolute atomic E-state index is 0.0832. The Hall–Kier alpha value is -2.68. The molecule has 2 heterocycles. The highest BCUT2D eigenvalue weighted by molar-refractivity contribution is 7.90. The van der Waals surface area contributed by atoms with Gasteiger partial charge in [0.2, 0.25) is 10.0 Å². The molecule has 4 rings (SSSR count). The molecule has 2 aromatic carbocycles. The first-order valence-electron chi connectivity index (χ1n) is 9.93. The average Bonchev–Trinajstić information content (AvgIpc) is 3.39. The number of carbonyl (C=O) groups is 1. The molecule has 0 aliphatic carbocycles. The fourth-order valence-electron chi connectivity index (χ4n) is 2.87. The van der Waals surface area contributed by atoms with E-state index in [1.807, 2.05) is 31.2 Å². The van der Waals surface area contributed by atoms with Crippen molar-refractivity contribution in [3.05, 3.63) is 70.8 Å². The highest BCUT2D eigenvalue weighted by Gasteiger charge is 2.14. The summed E-state index contributed by atoms with van der Waals surface area (Å²) in [5.41, 5.74) is 4.33. The Morgan fingerprint density at radius 3 is 2.72 bits per heavy atom. The topological polar surface area (TPSA) is 89.3 Å². The van der Waals surface area contributed by atoms with Crippen molar-refractivity contribution in [2.24, 2.45) is 5.92 Å². The van der Waals surface area contributed by atoms with Gasteiger partial charge in [0.25, 0.3) is 0 Å². The molecule has 0 amide bonds. The van der Waals surface area contributed by atoms with Crippen molar-refractivity contribution >= 4 is 66.1 Å². The Kier molecular flexibility index (Phi) is 7.71. The molecule has 0 fully saturated rings. The Morgan fingerprint density at radius 1 is 1.25 bits per heavy atom. The molecule has 0 bridgehead atoms. The molecule has 1 unspecified atom stereocenters. The summed E-state index contributed by atoms with van der Waals surface area (Å²) in [6.45, 7) is 3.56. The van der Waals surface area contributed by atoms with Gasteiger partial charge in [-0.2, -0.15) is 0 Å². The maximum atomic E-state index is 12.6. The zero-order chi connectivity index (χ0) is 23.3. The quantitative estimate of drug-likeness (QED) is 0.362. The number of aromatic nitrogens is 2. The van der Waals surface area contributed by atoms with Crippen molar-refractivity contribution in [2.75, 3.05) is 5.75 Å². The van der Waals surface area contributed by atoms with Gasteiger partial charge in [-0.05, 0) is 48.4 Å². The number of nitrogens with zero attached hydrogens (tertiary/aromatic N) is 2. The van der Waals surface area contributed by atoms with E-state index in [1.54, 1.807) is 60.3 Å². The molecule has 0 saturated heterocycles. The second-order valence-corrected chi connectivity index (χ2v) is 10.4. The number of carboxylic acid groups (broad SMARTS) is 1. The van der Waals surface area contributed by atoms with E-state index in [0.717, 1.165) is 27.6 Å². The molecule has 0 aliphatic rings. The van der Waals surface area contributed by atoms with Crippen LogP contribution in [0, 0.1) is 5.92 Å². The van der Waals surface area contributed by atoms with Gasteiger partial charge in [0, 0.05) is 16.6 Å². The molecule has 4 aromatic rings. The zero-order valence-electron chi connectivity index (χ0n) is 17.6. The molecule has 168 valence electrons. The predicted molar refractivity (Wildman–Crippen MR) is 132 cm³/mol. The number of aliphatic carboxylic acids is 1. The lowest BCUT2D eigenvalue weighted by molar-refractivity contribution is -0.141. The second-order valence-electron chi connectivity index (χ2n) is 7.22. The van der Waals surface area contributed by atoms with Crippen LogP contribution in [-0.4, -0.2) is 34.2 Å². The second kappa shape index (κ2) is 10.3. The summed E-state index contributed by atoms with van der Waals surface area (Å²) in [6.07, 6.45) is 5.77. The fraction of sp³-hybridized carbons (Fsp3) is 0.217. The zero-order valence-corrected chi connectivity index (χ0v) is 20.0. The summed E-state index contributed by atoms with van der Waals surface area (Å²) in [5.74, 6) is -0.970. The van der Waals surface area contributed by atoms with Crippen LogP contribution < -0.4 is 0 Å². The molecule has 0 aliphatic heterocycles. The molecular formula is C23H23ClN2O4S2. The van der Waals surface area contributed by atoms with Crippen molar-refractivity contribution < 1.29 is 18.3 Å². The lowest BCUT2D eigenvalue weighted by atomic mass is 10.1. The Morgan fingerprint density at radius 2 is 2.03 bits per heavy atom. The number of thiazole rings is 1. The van der Waals surface area contributed by atoms with Gasteiger partial charge in [0.1, 0.15) is 0 Å². The Labute approximate surface area is 195 Å². The molecule has 0 spiro atoms. The van der Waals surface area contributed by atoms with Gasteiger partial charge in [0.05, 0.1) is 32.9 Å². The lowest BCUT2D eigenvalue weighted by Gasteiger charge is -2.05. The summed E-state index contributed by atoms with van der Waals surface area (Å²) >= 11 is 7.52.